The SMILES string of the molecule is CCCC1CNC(C(C)(C)C)CN1Cc1ncccc1C. The van der Waals surface area contributed by atoms with Gasteiger partial charge in [-0.2, -0.15) is 0 Å². The average Bonchev–Trinajstić information content (AvgIpc) is 2.42. The van der Waals surface area contributed by atoms with Crippen LogP contribution in [0, 0.1) is 12.3 Å². The Morgan fingerprint density at radius 3 is 2.76 bits per heavy atom. The van der Waals surface area contributed by atoms with E-state index in [0.29, 0.717) is 17.5 Å². The Bertz CT molecular complexity index is 450. The van der Waals surface area contributed by atoms with Gasteiger partial charge in [0.15, 0.2) is 0 Å². The minimum atomic E-state index is 0.300. The normalized spacial score (nSPS) is 24.2. The Morgan fingerprint density at radius 1 is 1.38 bits per heavy atom. The van der Waals surface area contributed by atoms with Crippen LogP contribution < -0.4 is 5.32 Å². The van der Waals surface area contributed by atoms with Gasteiger partial charge < -0.3 is 5.32 Å². The van der Waals surface area contributed by atoms with Crippen LogP contribution >= 0.6 is 0 Å². The van der Waals surface area contributed by atoms with Gasteiger partial charge in [0, 0.05) is 37.9 Å². The largest absolute Gasteiger partial charge is 0.311 e. The van der Waals surface area contributed by atoms with Gasteiger partial charge >= 0.3 is 0 Å². The molecule has 0 saturated carbocycles. The van der Waals surface area contributed by atoms with Crippen LogP contribution in [0.4, 0.5) is 0 Å². The zero-order valence-electron chi connectivity index (χ0n) is 14.3. The van der Waals surface area contributed by atoms with Crippen molar-refractivity contribution in [1.29, 1.82) is 0 Å². The summed E-state index contributed by atoms with van der Waals surface area (Å²) in [4.78, 5) is 7.24. The van der Waals surface area contributed by atoms with E-state index in [-0.39, 0.29) is 0 Å². The molecule has 1 fully saturated rings. The van der Waals surface area contributed by atoms with E-state index < -0.39 is 0 Å². The molecule has 0 amide bonds. The van der Waals surface area contributed by atoms with Gasteiger partial charge in [-0.15, -0.1) is 0 Å². The topological polar surface area (TPSA) is 28.2 Å². The van der Waals surface area contributed by atoms with Gasteiger partial charge in [-0.3, -0.25) is 9.88 Å². The monoisotopic (exact) mass is 289 g/mol. The predicted octanol–water partition coefficient (Wildman–Crippen LogP) is 3.38. The Balaban J connectivity index is 2.12. The van der Waals surface area contributed by atoms with E-state index >= 15 is 0 Å². The van der Waals surface area contributed by atoms with Crippen LogP contribution in [0.3, 0.4) is 0 Å². The van der Waals surface area contributed by atoms with Gasteiger partial charge in [-0.05, 0) is 30.4 Å². The molecule has 1 aliphatic rings. The summed E-state index contributed by atoms with van der Waals surface area (Å²) in [5.74, 6) is 0. The fraction of sp³-hybridized carbons (Fsp3) is 0.722. The van der Waals surface area contributed by atoms with E-state index in [9.17, 15) is 0 Å². The first-order chi connectivity index (χ1) is 9.91. The number of nitrogens with one attached hydrogen (secondary N) is 1. The predicted molar refractivity (Wildman–Crippen MR) is 89.3 cm³/mol. The lowest BCUT2D eigenvalue weighted by atomic mass is 9.84. The molecular weight excluding hydrogens is 258 g/mol. The molecule has 21 heavy (non-hydrogen) atoms. The van der Waals surface area contributed by atoms with Gasteiger partial charge in [-0.25, -0.2) is 0 Å². The Labute approximate surface area is 130 Å². The second-order valence-corrected chi connectivity index (χ2v) is 7.47. The number of nitrogens with zero attached hydrogens (tertiary/aromatic N) is 2. The highest BCUT2D eigenvalue weighted by molar-refractivity contribution is 5.17. The van der Waals surface area contributed by atoms with Crippen molar-refractivity contribution in [2.24, 2.45) is 5.41 Å². The van der Waals surface area contributed by atoms with Gasteiger partial charge in [0.1, 0.15) is 0 Å². The van der Waals surface area contributed by atoms with Crippen molar-refractivity contribution in [1.82, 2.24) is 15.2 Å². The summed E-state index contributed by atoms with van der Waals surface area (Å²) in [6.45, 7) is 14.6. The molecule has 1 aromatic rings. The molecule has 2 heterocycles. The molecule has 2 rings (SSSR count). The zero-order chi connectivity index (χ0) is 15.5. The average molecular weight is 289 g/mol. The molecule has 2 unspecified atom stereocenters. The Kier molecular flexibility index (Phi) is 5.39. The van der Waals surface area contributed by atoms with Crippen LogP contribution in [0.15, 0.2) is 18.3 Å². The lowest BCUT2D eigenvalue weighted by Gasteiger charge is -2.45. The van der Waals surface area contributed by atoms with Crippen molar-refractivity contribution in [3.8, 4) is 0 Å². The lowest BCUT2D eigenvalue weighted by Crippen LogP contribution is -2.59. The third kappa shape index (κ3) is 4.27. The molecule has 3 heteroatoms. The third-order valence-corrected chi connectivity index (χ3v) is 4.67. The van der Waals surface area contributed by atoms with Crippen LogP contribution in [0.2, 0.25) is 0 Å². The summed E-state index contributed by atoms with van der Waals surface area (Å²) in [7, 11) is 0. The molecule has 0 aliphatic carbocycles. The van der Waals surface area contributed by atoms with Crippen molar-refractivity contribution in [2.45, 2.75) is 66.1 Å². The minimum Gasteiger partial charge on any atom is -0.311 e. The quantitative estimate of drug-likeness (QED) is 0.921. The summed E-state index contributed by atoms with van der Waals surface area (Å²) in [5, 5.41) is 3.76. The van der Waals surface area contributed by atoms with E-state index in [1.165, 1.54) is 24.1 Å². The summed E-state index contributed by atoms with van der Waals surface area (Å²) >= 11 is 0. The summed E-state index contributed by atoms with van der Waals surface area (Å²) < 4.78 is 0. The highest BCUT2D eigenvalue weighted by Crippen LogP contribution is 2.26. The van der Waals surface area contributed by atoms with E-state index in [1.54, 1.807) is 0 Å². The number of aromatic nitrogens is 1. The summed E-state index contributed by atoms with van der Waals surface area (Å²) in [5.41, 5.74) is 2.83. The summed E-state index contributed by atoms with van der Waals surface area (Å²) in [6, 6.07) is 5.38. The van der Waals surface area contributed by atoms with Crippen LogP contribution in [-0.4, -0.2) is 35.1 Å². The van der Waals surface area contributed by atoms with Gasteiger partial charge in [0.25, 0.3) is 0 Å². The standard InChI is InChI=1S/C18H31N3/c1-6-8-15-11-20-17(18(3,4)5)13-21(15)12-16-14(2)9-7-10-19-16/h7,9-10,15,17,20H,6,8,11-13H2,1-5H3. The molecule has 3 nitrogen and oxygen atoms in total. The fourth-order valence-corrected chi connectivity index (χ4v) is 3.12. The van der Waals surface area contributed by atoms with E-state index in [2.05, 4.69) is 55.9 Å². The molecule has 1 aliphatic heterocycles. The second kappa shape index (κ2) is 6.89. The van der Waals surface area contributed by atoms with Crippen molar-refractivity contribution in [3.63, 3.8) is 0 Å². The molecule has 0 radical (unpaired) electrons. The molecule has 0 aromatic carbocycles. The Morgan fingerprint density at radius 2 is 2.14 bits per heavy atom. The molecule has 2 atom stereocenters. The number of rotatable bonds is 4. The van der Waals surface area contributed by atoms with Crippen LogP contribution in [0.1, 0.15) is 51.8 Å². The third-order valence-electron chi connectivity index (χ3n) is 4.67. The molecule has 1 aromatic heterocycles. The highest BCUT2D eigenvalue weighted by Gasteiger charge is 2.33. The van der Waals surface area contributed by atoms with Crippen LogP contribution in [0.5, 0.6) is 0 Å². The smallest absolute Gasteiger partial charge is 0.0573 e. The molecule has 1 N–H and O–H groups in total. The van der Waals surface area contributed by atoms with Crippen molar-refractivity contribution < 1.29 is 0 Å². The number of aryl methyl sites for hydroxylation is 1. The lowest BCUT2D eigenvalue weighted by molar-refractivity contribution is 0.0736. The van der Waals surface area contributed by atoms with Crippen LogP contribution in [0.25, 0.3) is 0 Å². The highest BCUT2D eigenvalue weighted by atomic mass is 15.2. The molecular formula is C18H31N3. The molecule has 0 bridgehead atoms. The maximum atomic E-state index is 4.59. The fourth-order valence-electron chi connectivity index (χ4n) is 3.12. The minimum absolute atomic E-state index is 0.300. The molecule has 0 spiro atoms. The second-order valence-electron chi connectivity index (χ2n) is 7.47. The van der Waals surface area contributed by atoms with Crippen molar-refractivity contribution in [2.75, 3.05) is 13.1 Å². The van der Waals surface area contributed by atoms with Gasteiger partial charge in [0.2, 0.25) is 0 Å². The van der Waals surface area contributed by atoms with Crippen LogP contribution in [-0.2, 0) is 6.54 Å². The Hall–Kier alpha value is -0.930. The van der Waals surface area contributed by atoms with Crippen molar-refractivity contribution >= 4 is 0 Å². The van der Waals surface area contributed by atoms with Gasteiger partial charge in [0.05, 0.1) is 5.69 Å². The first kappa shape index (κ1) is 16.4. The number of hydrogen-bond donors (Lipinski definition) is 1. The van der Waals surface area contributed by atoms with E-state index in [4.69, 9.17) is 0 Å². The maximum Gasteiger partial charge on any atom is 0.0573 e. The first-order valence-electron chi connectivity index (χ1n) is 8.29. The molecule has 118 valence electrons. The number of hydrogen-bond acceptors (Lipinski definition) is 3. The van der Waals surface area contributed by atoms with E-state index in [0.717, 1.165) is 19.6 Å². The summed E-state index contributed by atoms with van der Waals surface area (Å²) in [6.07, 6.45) is 4.42. The van der Waals surface area contributed by atoms with E-state index in [1.807, 2.05) is 12.3 Å². The number of piperazine rings is 1. The zero-order valence-corrected chi connectivity index (χ0v) is 14.3. The number of pyridine rings is 1. The maximum absolute atomic E-state index is 4.59. The first-order valence-corrected chi connectivity index (χ1v) is 8.29. The van der Waals surface area contributed by atoms with Gasteiger partial charge in [-0.1, -0.05) is 40.2 Å². The van der Waals surface area contributed by atoms with Crippen molar-refractivity contribution in [3.05, 3.63) is 29.6 Å². The molecule has 1 saturated heterocycles.